The van der Waals surface area contributed by atoms with E-state index in [4.69, 9.17) is 44.3 Å². The first-order chi connectivity index (χ1) is 16.0. The summed E-state index contributed by atoms with van der Waals surface area (Å²) in [7, 11) is 0. The number of nitrogens with zero attached hydrogens (tertiary/aromatic N) is 2. The van der Waals surface area contributed by atoms with E-state index in [1.54, 1.807) is 31.3 Å². The zero-order valence-corrected chi connectivity index (χ0v) is 20.2. The Balaban J connectivity index is 1.69. The second kappa shape index (κ2) is 10.6. The molecule has 170 valence electrons. The van der Waals surface area contributed by atoms with Crippen molar-refractivity contribution >= 4 is 51.9 Å². The number of benzene rings is 2. The maximum absolute atomic E-state index is 12.1. The lowest BCUT2D eigenvalue weighted by atomic mass is 9.99. The van der Waals surface area contributed by atoms with E-state index in [1.165, 1.54) is 6.20 Å². The molecule has 3 aromatic rings. The molecule has 0 saturated carbocycles. The Kier molecular flexibility index (Phi) is 7.53. The van der Waals surface area contributed by atoms with Crippen molar-refractivity contribution in [1.82, 2.24) is 9.97 Å². The van der Waals surface area contributed by atoms with Gasteiger partial charge in [0.05, 0.1) is 24.7 Å². The number of hydrogen-bond acceptors (Lipinski definition) is 5. The molecule has 5 nitrogen and oxygen atoms in total. The molecule has 1 aliphatic carbocycles. The Labute approximate surface area is 207 Å². The van der Waals surface area contributed by atoms with E-state index >= 15 is 0 Å². The molecular formula is C25H21Cl3N2O3. The fraction of sp³-hybridized carbons (Fsp3) is 0.240. The smallest absolute Gasteiger partial charge is 0.358 e. The minimum Gasteiger partial charge on any atom is -0.488 e. The molecule has 0 unspecified atom stereocenters. The highest BCUT2D eigenvalue weighted by Crippen LogP contribution is 2.43. The quantitative estimate of drug-likeness (QED) is 0.317. The molecule has 1 aromatic heterocycles. The van der Waals surface area contributed by atoms with Crippen LogP contribution in [0.1, 0.15) is 53.5 Å². The van der Waals surface area contributed by atoms with Crippen molar-refractivity contribution in [3.63, 3.8) is 0 Å². The van der Waals surface area contributed by atoms with Crippen molar-refractivity contribution in [3.8, 4) is 5.75 Å². The molecule has 2 aromatic carbocycles. The van der Waals surface area contributed by atoms with E-state index in [9.17, 15) is 4.79 Å². The summed E-state index contributed by atoms with van der Waals surface area (Å²) < 4.78 is 11.2. The van der Waals surface area contributed by atoms with Crippen LogP contribution in [0.4, 0.5) is 0 Å². The number of ether oxygens (including phenoxy) is 2. The van der Waals surface area contributed by atoms with E-state index in [-0.39, 0.29) is 18.9 Å². The Bertz CT molecular complexity index is 1230. The molecule has 33 heavy (non-hydrogen) atoms. The molecule has 0 atom stereocenters. The second-order valence-electron chi connectivity index (χ2n) is 7.49. The molecule has 0 amide bonds. The summed E-state index contributed by atoms with van der Waals surface area (Å²) in [5.41, 5.74) is 4.65. The number of esters is 1. The van der Waals surface area contributed by atoms with Crippen LogP contribution in [0.25, 0.3) is 11.1 Å². The number of carbonyl (C=O) groups is 1. The number of carbonyl (C=O) groups excluding carboxylic acids is 1. The van der Waals surface area contributed by atoms with Gasteiger partial charge in [0.15, 0.2) is 5.69 Å². The molecule has 0 aliphatic heterocycles. The van der Waals surface area contributed by atoms with Gasteiger partial charge in [0, 0.05) is 26.2 Å². The molecule has 1 aliphatic rings. The standard InChI is InChI=1S/C25H21Cl3N2O3/c1-2-32-25(31)23-13-29-12-22(30-23)19-5-3-4-18(19)20-10-16(26)8-9-24(20)33-14-15-6-7-17(27)11-21(15)28/h6-13H,2-5,14H2,1H3. The molecule has 0 saturated heterocycles. The highest BCUT2D eigenvalue weighted by Gasteiger charge is 2.23. The van der Waals surface area contributed by atoms with Gasteiger partial charge < -0.3 is 9.47 Å². The first-order valence-electron chi connectivity index (χ1n) is 10.5. The number of halogens is 3. The van der Waals surface area contributed by atoms with E-state index < -0.39 is 5.97 Å². The molecular weight excluding hydrogens is 483 g/mol. The summed E-state index contributed by atoms with van der Waals surface area (Å²) >= 11 is 18.7. The minimum atomic E-state index is -0.487. The lowest BCUT2D eigenvalue weighted by Crippen LogP contribution is -2.09. The summed E-state index contributed by atoms with van der Waals surface area (Å²) in [6.07, 6.45) is 5.68. The first-order valence-corrected chi connectivity index (χ1v) is 11.7. The minimum absolute atomic E-state index is 0.188. The third-order valence-electron chi connectivity index (χ3n) is 5.31. The molecule has 0 N–H and O–H groups in total. The lowest BCUT2D eigenvalue weighted by molar-refractivity contribution is 0.0519. The van der Waals surface area contributed by atoms with Crippen LogP contribution >= 0.6 is 34.8 Å². The number of hydrogen-bond donors (Lipinski definition) is 0. The zero-order chi connectivity index (χ0) is 23.4. The van der Waals surface area contributed by atoms with Crippen LogP contribution in [-0.2, 0) is 11.3 Å². The van der Waals surface area contributed by atoms with E-state index in [0.29, 0.717) is 26.5 Å². The van der Waals surface area contributed by atoms with Gasteiger partial charge in [-0.15, -0.1) is 0 Å². The Morgan fingerprint density at radius 3 is 2.55 bits per heavy atom. The predicted molar refractivity (Wildman–Crippen MR) is 131 cm³/mol. The maximum atomic E-state index is 12.1. The van der Waals surface area contributed by atoms with Gasteiger partial charge in [-0.1, -0.05) is 40.9 Å². The molecule has 8 heteroatoms. The van der Waals surface area contributed by atoms with Gasteiger partial charge in [0.2, 0.25) is 0 Å². The number of allylic oxidation sites excluding steroid dienone is 2. The van der Waals surface area contributed by atoms with Crippen molar-refractivity contribution in [1.29, 1.82) is 0 Å². The molecule has 0 radical (unpaired) electrons. The fourth-order valence-electron chi connectivity index (χ4n) is 3.80. The molecule has 1 heterocycles. The topological polar surface area (TPSA) is 61.3 Å². The van der Waals surface area contributed by atoms with Gasteiger partial charge >= 0.3 is 5.97 Å². The maximum Gasteiger partial charge on any atom is 0.358 e. The second-order valence-corrected chi connectivity index (χ2v) is 8.77. The molecule has 0 spiro atoms. The Morgan fingerprint density at radius 1 is 1.00 bits per heavy atom. The first kappa shape index (κ1) is 23.6. The van der Waals surface area contributed by atoms with E-state index in [0.717, 1.165) is 41.5 Å². The molecule has 0 fully saturated rings. The van der Waals surface area contributed by atoms with Crippen LogP contribution < -0.4 is 4.74 Å². The van der Waals surface area contributed by atoms with Crippen molar-refractivity contribution < 1.29 is 14.3 Å². The fourth-order valence-corrected chi connectivity index (χ4v) is 4.43. The SMILES string of the molecule is CCOC(=O)c1cncc(C2=C(c3cc(Cl)ccc3OCc3ccc(Cl)cc3Cl)CCC2)n1. The predicted octanol–water partition coefficient (Wildman–Crippen LogP) is 7.29. The highest BCUT2D eigenvalue weighted by molar-refractivity contribution is 6.35. The average Bonchev–Trinajstić information content (AvgIpc) is 3.29. The van der Waals surface area contributed by atoms with Crippen molar-refractivity contribution in [2.45, 2.75) is 32.8 Å². The summed E-state index contributed by atoms with van der Waals surface area (Å²) in [6, 6.07) is 10.9. The van der Waals surface area contributed by atoms with Crippen molar-refractivity contribution in [3.05, 3.63) is 86.4 Å². The molecule has 0 bridgehead atoms. The monoisotopic (exact) mass is 502 g/mol. The van der Waals surface area contributed by atoms with Gasteiger partial charge in [-0.3, -0.25) is 4.98 Å². The van der Waals surface area contributed by atoms with Crippen LogP contribution in [0.2, 0.25) is 15.1 Å². The average molecular weight is 504 g/mol. The van der Waals surface area contributed by atoms with Gasteiger partial charge in [0.1, 0.15) is 12.4 Å². The number of aromatic nitrogens is 2. The van der Waals surface area contributed by atoms with E-state index in [2.05, 4.69) is 9.97 Å². The normalized spacial score (nSPS) is 13.3. The Morgan fingerprint density at radius 2 is 1.76 bits per heavy atom. The van der Waals surface area contributed by atoms with Crippen LogP contribution in [0.5, 0.6) is 5.75 Å². The van der Waals surface area contributed by atoms with Gasteiger partial charge in [-0.2, -0.15) is 0 Å². The largest absolute Gasteiger partial charge is 0.488 e. The van der Waals surface area contributed by atoms with Crippen LogP contribution in [-0.4, -0.2) is 22.5 Å². The zero-order valence-electron chi connectivity index (χ0n) is 17.9. The van der Waals surface area contributed by atoms with Gasteiger partial charge in [0.25, 0.3) is 0 Å². The number of rotatable bonds is 7. The summed E-state index contributed by atoms with van der Waals surface area (Å²) in [5, 5.41) is 1.72. The summed E-state index contributed by atoms with van der Waals surface area (Å²) in [5.74, 6) is 0.202. The van der Waals surface area contributed by atoms with Crippen LogP contribution in [0, 0.1) is 0 Å². The van der Waals surface area contributed by atoms with Crippen LogP contribution in [0.15, 0.2) is 48.8 Å². The Hall–Kier alpha value is -2.60. The summed E-state index contributed by atoms with van der Waals surface area (Å²) in [6.45, 7) is 2.32. The van der Waals surface area contributed by atoms with Gasteiger partial charge in [-0.05, 0) is 67.7 Å². The highest BCUT2D eigenvalue weighted by atomic mass is 35.5. The van der Waals surface area contributed by atoms with Gasteiger partial charge in [-0.25, -0.2) is 9.78 Å². The van der Waals surface area contributed by atoms with E-state index in [1.807, 2.05) is 18.2 Å². The van der Waals surface area contributed by atoms with Crippen LogP contribution in [0.3, 0.4) is 0 Å². The lowest BCUT2D eigenvalue weighted by Gasteiger charge is -2.15. The molecule has 4 rings (SSSR count). The summed E-state index contributed by atoms with van der Waals surface area (Å²) in [4.78, 5) is 20.9. The van der Waals surface area contributed by atoms with Crippen molar-refractivity contribution in [2.24, 2.45) is 0 Å². The third-order valence-corrected chi connectivity index (χ3v) is 6.13. The third kappa shape index (κ3) is 5.49. The van der Waals surface area contributed by atoms with Crippen molar-refractivity contribution in [2.75, 3.05) is 6.61 Å².